The van der Waals surface area contributed by atoms with Crippen LogP contribution in [0.15, 0.2) is 52.7 Å². The number of alkyl halides is 3. The minimum atomic E-state index is -4.57. The molecule has 148 valence electrons. The van der Waals surface area contributed by atoms with Crippen LogP contribution < -0.4 is 10.2 Å². The monoisotopic (exact) mass is 422 g/mol. The number of hydrogen-bond donors (Lipinski definition) is 1. The molecule has 0 aromatic heterocycles. The number of carbonyl (C=O) groups is 2. The second-order valence-electron chi connectivity index (χ2n) is 6.04. The van der Waals surface area contributed by atoms with Gasteiger partial charge in [-0.15, -0.1) is 10.2 Å². The summed E-state index contributed by atoms with van der Waals surface area (Å²) < 4.78 is 52.4. The molecule has 2 heterocycles. The summed E-state index contributed by atoms with van der Waals surface area (Å²) in [6, 6.07) is 7.91. The van der Waals surface area contributed by atoms with Crippen LogP contribution >= 0.6 is 11.8 Å². The summed E-state index contributed by atoms with van der Waals surface area (Å²) in [7, 11) is 0. The van der Waals surface area contributed by atoms with E-state index in [1.807, 2.05) is 0 Å². The Labute approximate surface area is 165 Å². The highest BCUT2D eigenvalue weighted by Gasteiger charge is 2.34. The number of amides is 2. The SMILES string of the molecule is O=C1Nc2ccc(F)cc2C1=NN=C1SCC(=O)N1c1cccc(C(F)(F)F)c1. The number of halogens is 4. The molecule has 0 aliphatic carbocycles. The molecule has 0 saturated carbocycles. The van der Waals surface area contributed by atoms with E-state index in [4.69, 9.17) is 0 Å². The van der Waals surface area contributed by atoms with E-state index in [2.05, 4.69) is 15.5 Å². The van der Waals surface area contributed by atoms with Gasteiger partial charge in [-0.05, 0) is 36.4 Å². The molecule has 0 bridgehead atoms. The topological polar surface area (TPSA) is 74.1 Å². The average Bonchev–Trinajstić information content (AvgIpc) is 3.18. The molecule has 0 atom stereocenters. The standard InChI is InChI=1S/C18H10F4N4O2S/c19-10-4-5-13-12(7-10)15(16(28)23-13)24-25-17-26(14(27)8-29-17)11-3-1-2-9(6-11)18(20,21)22/h1-7H,8H2,(H,23,24,28). The predicted molar refractivity (Wildman–Crippen MR) is 100 cm³/mol. The lowest BCUT2D eigenvalue weighted by atomic mass is 10.1. The van der Waals surface area contributed by atoms with Gasteiger partial charge in [0.1, 0.15) is 5.82 Å². The molecule has 6 nitrogen and oxygen atoms in total. The molecule has 1 saturated heterocycles. The summed E-state index contributed by atoms with van der Waals surface area (Å²) in [5.41, 5.74) is -0.517. The zero-order valence-corrected chi connectivity index (χ0v) is 15.1. The molecular weight excluding hydrogens is 412 g/mol. The summed E-state index contributed by atoms with van der Waals surface area (Å²) in [5, 5.41) is 10.3. The van der Waals surface area contributed by atoms with Crippen molar-refractivity contribution in [2.75, 3.05) is 16.0 Å². The number of nitrogens with one attached hydrogen (secondary N) is 1. The number of amidine groups is 1. The maximum Gasteiger partial charge on any atom is 0.416 e. The van der Waals surface area contributed by atoms with Gasteiger partial charge in [0.2, 0.25) is 5.91 Å². The fraction of sp³-hybridized carbons (Fsp3) is 0.111. The summed E-state index contributed by atoms with van der Waals surface area (Å²) in [5.74, 6) is -1.70. The van der Waals surface area contributed by atoms with Gasteiger partial charge in [0.05, 0.1) is 22.7 Å². The maximum atomic E-state index is 13.5. The number of rotatable bonds is 2. The molecule has 0 unspecified atom stereocenters. The largest absolute Gasteiger partial charge is 0.416 e. The van der Waals surface area contributed by atoms with Crippen LogP contribution in [0.1, 0.15) is 11.1 Å². The van der Waals surface area contributed by atoms with Crippen molar-refractivity contribution in [2.24, 2.45) is 10.2 Å². The zero-order chi connectivity index (χ0) is 20.8. The van der Waals surface area contributed by atoms with Gasteiger partial charge in [-0.3, -0.25) is 14.5 Å². The lowest BCUT2D eigenvalue weighted by Gasteiger charge is -2.17. The van der Waals surface area contributed by atoms with Crippen LogP contribution in [-0.4, -0.2) is 28.4 Å². The van der Waals surface area contributed by atoms with Gasteiger partial charge in [0.15, 0.2) is 10.9 Å². The van der Waals surface area contributed by atoms with E-state index >= 15 is 0 Å². The third-order valence-electron chi connectivity index (χ3n) is 4.13. The molecule has 0 spiro atoms. The first-order valence-corrected chi connectivity index (χ1v) is 9.12. The Morgan fingerprint density at radius 2 is 1.86 bits per heavy atom. The van der Waals surface area contributed by atoms with Crippen molar-refractivity contribution in [3.63, 3.8) is 0 Å². The Balaban J connectivity index is 1.71. The molecule has 0 radical (unpaired) electrons. The number of carbonyl (C=O) groups excluding carboxylic acids is 2. The van der Waals surface area contributed by atoms with Crippen molar-refractivity contribution in [1.82, 2.24) is 0 Å². The third kappa shape index (κ3) is 3.60. The maximum absolute atomic E-state index is 13.5. The minimum absolute atomic E-state index is 0.0134. The van der Waals surface area contributed by atoms with Crippen LogP contribution in [0.2, 0.25) is 0 Å². The highest BCUT2D eigenvalue weighted by Crippen LogP contribution is 2.34. The summed E-state index contributed by atoms with van der Waals surface area (Å²) >= 11 is 0.968. The van der Waals surface area contributed by atoms with Crippen LogP contribution in [0.3, 0.4) is 0 Å². The van der Waals surface area contributed by atoms with Crippen LogP contribution in [0.25, 0.3) is 0 Å². The molecular formula is C18H10F4N4O2S. The van der Waals surface area contributed by atoms with Gasteiger partial charge in [-0.1, -0.05) is 17.8 Å². The Morgan fingerprint density at radius 3 is 2.62 bits per heavy atom. The van der Waals surface area contributed by atoms with Crippen molar-refractivity contribution < 1.29 is 27.2 Å². The number of anilines is 2. The predicted octanol–water partition coefficient (Wildman–Crippen LogP) is 3.64. The molecule has 11 heteroatoms. The van der Waals surface area contributed by atoms with Crippen molar-refractivity contribution in [2.45, 2.75) is 6.18 Å². The van der Waals surface area contributed by atoms with Crippen LogP contribution in [0.5, 0.6) is 0 Å². The van der Waals surface area contributed by atoms with Gasteiger partial charge < -0.3 is 5.32 Å². The molecule has 2 amide bonds. The Bertz CT molecular complexity index is 1100. The van der Waals surface area contributed by atoms with E-state index in [-0.39, 0.29) is 27.9 Å². The average molecular weight is 422 g/mol. The van der Waals surface area contributed by atoms with Crippen molar-refractivity contribution in [3.05, 3.63) is 59.4 Å². The number of thioether (sulfide) groups is 1. The molecule has 4 rings (SSSR count). The van der Waals surface area contributed by atoms with Gasteiger partial charge in [0.25, 0.3) is 5.91 Å². The first-order chi connectivity index (χ1) is 13.7. The molecule has 2 aromatic carbocycles. The number of nitrogens with zero attached hydrogens (tertiary/aromatic N) is 3. The Morgan fingerprint density at radius 1 is 1.07 bits per heavy atom. The van der Waals surface area contributed by atoms with Gasteiger partial charge in [-0.2, -0.15) is 13.2 Å². The van der Waals surface area contributed by atoms with E-state index in [0.29, 0.717) is 5.69 Å². The van der Waals surface area contributed by atoms with Crippen LogP contribution in [0.4, 0.5) is 28.9 Å². The van der Waals surface area contributed by atoms with E-state index < -0.39 is 29.4 Å². The summed E-state index contributed by atoms with van der Waals surface area (Å²) in [4.78, 5) is 25.3. The zero-order valence-electron chi connectivity index (χ0n) is 14.3. The molecule has 2 aliphatic rings. The number of fused-ring (bicyclic) bond motifs is 1. The lowest BCUT2D eigenvalue weighted by molar-refractivity contribution is -0.137. The second-order valence-corrected chi connectivity index (χ2v) is 6.98. The number of hydrogen-bond acceptors (Lipinski definition) is 5. The van der Waals surface area contributed by atoms with Crippen molar-refractivity contribution in [3.8, 4) is 0 Å². The van der Waals surface area contributed by atoms with Crippen LogP contribution in [-0.2, 0) is 15.8 Å². The van der Waals surface area contributed by atoms with Gasteiger partial charge in [0, 0.05) is 5.56 Å². The van der Waals surface area contributed by atoms with E-state index in [9.17, 15) is 27.2 Å². The Hall–Kier alpha value is -3.21. The lowest BCUT2D eigenvalue weighted by Crippen LogP contribution is -2.29. The molecule has 29 heavy (non-hydrogen) atoms. The fourth-order valence-corrected chi connectivity index (χ4v) is 3.65. The normalized spacial score (nSPS) is 19.2. The minimum Gasteiger partial charge on any atom is -0.320 e. The van der Waals surface area contributed by atoms with E-state index in [1.54, 1.807) is 0 Å². The van der Waals surface area contributed by atoms with E-state index in [1.165, 1.54) is 24.3 Å². The van der Waals surface area contributed by atoms with Crippen molar-refractivity contribution in [1.29, 1.82) is 0 Å². The summed E-state index contributed by atoms with van der Waals surface area (Å²) in [6.07, 6.45) is -4.57. The smallest absolute Gasteiger partial charge is 0.320 e. The van der Waals surface area contributed by atoms with Crippen LogP contribution in [0, 0.1) is 5.82 Å². The molecule has 2 aromatic rings. The molecule has 2 aliphatic heterocycles. The summed E-state index contributed by atoms with van der Waals surface area (Å²) in [6.45, 7) is 0. The molecule has 1 N–H and O–H groups in total. The van der Waals surface area contributed by atoms with Crippen molar-refractivity contribution >= 4 is 45.8 Å². The third-order valence-corrected chi connectivity index (χ3v) is 5.05. The quantitative estimate of drug-likeness (QED) is 0.593. The fourth-order valence-electron chi connectivity index (χ4n) is 2.83. The first-order valence-electron chi connectivity index (χ1n) is 8.14. The number of benzene rings is 2. The first kappa shape index (κ1) is 19.1. The van der Waals surface area contributed by atoms with Gasteiger partial charge >= 0.3 is 6.18 Å². The Kier molecular flexibility index (Phi) is 4.61. The van der Waals surface area contributed by atoms with Gasteiger partial charge in [-0.25, -0.2) is 4.39 Å². The molecule has 1 fully saturated rings. The van der Waals surface area contributed by atoms with E-state index in [0.717, 1.165) is 34.9 Å². The highest BCUT2D eigenvalue weighted by atomic mass is 32.2. The second kappa shape index (κ2) is 6.99. The highest BCUT2D eigenvalue weighted by molar-refractivity contribution is 8.15.